The minimum atomic E-state index is -4.15. The number of amides is 1. The second-order valence-electron chi connectivity index (χ2n) is 7.75. The monoisotopic (exact) mass is 552 g/mol. The molecule has 0 bridgehead atoms. The van der Waals surface area contributed by atoms with Crippen LogP contribution >= 0.6 is 34.5 Å². The largest absolute Gasteiger partial charge is 0.462 e. The van der Waals surface area contributed by atoms with Crippen molar-refractivity contribution < 1.29 is 22.7 Å². The van der Waals surface area contributed by atoms with Crippen molar-refractivity contribution in [2.75, 3.05) is 22.8 Å². The zero-order valence-electron chi connectivity index (χ0n) is 18.7. The van der Waals surface area contributed by atoms with Crippen molar-refractivity contribution in [2.24, 2.45) is 0 Å². The Kier molecular flexibility index (Phi) is 7.70. The first-order valence-electron chi connectivity index (χ1n) is 10.9. The number of anilines is 2. The van der Waals surface area contributed by atoms with Crippen LogP contribution in [0.15, 0.2) is 53.4 Å². The number of nitrogens with one attached hydrogen (secondary N) is 1. The van der Waals surface area contributed by atoms with Crippen molar-refractivity contribution in [2.45, 2.75) is 31.1 Å². The molecule has 3 aromatic rings. The Labute approximate surface area is 217 Å². The van der Waals surface area contributed by atoms with Gasteiger partial charge in [-0.2, -0.15) is 0 Å². The fourth-order valence-corrected chi connectivity index (χ4v) is 7.23. The highest BCUT2D eigenvalue weighted by Crippen LogP contribution is 2.40. The van der Waals surface area contributed by atoms with Gasteiger partial charge in [0, 0.05) is 9.90 Å². The first kappa shape index (κ1) is 25.5. The van der Waals surface area contributed by atoms with Gasteiger partial charge >= 0.3 is 5.97 Å². The molecule has 184 valence electrons. The zero-order valence-corrected chi connectivity index (χ0v) is 21.9. The van der Waals surface area contributed by atoms with Gasteiger partial charge in [0.25, 0.3) is 10.0 Å². The van der Waals surface area contributed by atoms with E-state index in [4.69, 9.17) is 27.9 Å². The number of aryl methyl sites for hydroxylation is 1. The molecule has 11 heteroatoms. The van der Waals surface area contributed by atoms with Crippen LogP contribution in [0.4, 0.5) is 10.7 Å². The van der Waals surface area contributed by atoms with Gasteiger partial charge in [-0.05, 0) is 62.1 Å². The quantitative estimate of drug-likeness (QED) is 0.369. The van der Waals surface area contributed by atoms with Gasteiger partial charge in [0.2, 0.25) is 5.91 Å². The summed E-state index contributed by atoms with van der Waals surface area (Å²) < 4.78 is 33.2. The zero-order chi connectivity index (χ0) is 25.2. The summed E-state index contributed by atoms with van der Waals surface area (Å²) in [5, 5.41) is 3.50. The standard InChI is InChI=1S/C24H22Cl2N2O5S2/c1-2-33-24(30)22-17-9-6-10-20(17)34-23(22)27-21(29)14-28(19-12-11-15(25)13-18(19)26)35(31,32)16-7-4-3-5-8-16/h3-5,7-8,11-13H,2,6,9-10,14H2,1H3,(H,27,29). The molecule has 0 atom stereocenters. The third-order valence-electron chi connectivity index (χ3n) is 5.45. The van der Waals surface area contributed by atoms with Gasteiger partial charge in [-0.1, -0.05) is 41.4 Å². The predicted octanol–water partition coefficient (Wildman–Crippen LogP) is 5.55. The number of benzene rings is 2. The third-order valence-corrected chi connectivity index (χ3v) is 8.97. The number of hydrogen-bond acceptors (Lipinski definition) is 6. The van der Waals surface area contributed by atoms with Crippen LogP contribution in [-0.2, 0) is 32.4 Å². The highest BCUT2D eigenvalue weighted by atomic mass is 35.5. The summed E-state index contributed by atoms with van der Waals surface area (Å²) >= 11 is 13.7. The molecule has 1 amide bonds. The van der Waals surface area contributed by atoms with E-state index >= 15 is 0 Å². The Balaban J connectivity index is 1.68. The minimum Gasteiger partial charge on any atom is -0.462 e. The van der Waals surface area contributed by atoms with Gasteiger partial charge in [0.05, 0.1) is 27.8 Å². The van der Waals surface area contributed by atoms with E-state index in [0.717, 1.165) is 34.0 Å². The van der Waals surface area contributed by atoms with Crippen LogP contribution in [0.3, 0.4) is 0 Å². The maximum atomic E-state index is 13.5. The fraction of sp³-hybridized carbons (Fsp3) is 0.250. The number of sulfonamides is 1. The summed E-state index contributed by atoms with van der Waals surface area (Å²) in [6, 6.07) is 12.1. The number of carbonyl (C=O) groups is 2. The predicted molar refractivity (Wildman–Crippen MR) is 138 cm³/mol. The van der Waals surface area contributed by atoms with E-state index in [9.17, 15) is 18.0 Å². The SMILES string of the molecule is CCOC(=O)c1c(NC(=O)CN(c2ccc(Cl)cc2Cl)S(=O)(=O)c2ccccc2)sc2c1CCC2. The summed E-state index contributed by atoms with van der Waals surface area (Å²) in [5.41, 5.74) is 1.34. The number of esters is 1. The Morgan fingerprint density at radius 2 is 1.86 bits per heavy atom. The highest BCUT2D eigenvalue weighted by Gasteiger charge is 2.31. The van der Waals surface area contributed by atoms with Crippen molar-refractivity contribution in [3.05, 3.63) is 74.6 Å². The van der Waals surface area contributed by atoms with Crippen LogP contribution in [0.5, 0.6) is 0 Å². The molecule has 1 aliphatic rings. The van der Waals surface area contributed by atoms with E-state index in [0.29, 0.717) is 15.6 Å². The van der Waals surface area contributed by atoms with Crippen molar-refractivity contribution in [1.82, 2.24) is 0 Å². The molecule has 2 aromatic carbocycles. The molecule has 35 heavy (non-hydrogen) atoms. The van der Waals surface area contributed by atoms with Crippen LogP contribution in [0.25, 0.3) is 0 Å². The molecule has 7 nitrogen and oxygen atoms in total. The molecule has 1 aromatic heterocycles. The second kappa shape index (κ2) is 10.6. The van der Waals surface area contributed by atoms with E-state index in [1.807, 2.05) is 0 Å². The summed E-state index contributed by atoms with van der Waals surface area (Å²) in [6.45, 7) is 1.35. The van der Waals surface area contributed by atoms with E-state index in [-0.39, 0.29) is 22.2 Å². The van der Waals surface area contributed by atoms with E-state index in [1.165, 1.54) is 41.7 Å². The number of hydrogen-bond donors (Lipinski definition) is 1. The number of carbonyl (C=O) groups excluding carboxylic acids is 2. The molecule has 1 heterocycles. The Morgan fingerprint density at radius 3 is 2.54 bits per heavy atom. The van der Waals surface area contributed by atoms with Crippen LogP contribution in [0.2, 0.25) is 10.0 Å². The van der Waals surface area contributed by atoms with Crippen molar-refractivity contribution in [3.63, 3.8) is 0 Å². The molecule has 1 N–H and O–H groups in total. The highest BCUT2D eigenvalue weighted by molar-refractivity contribution is 7.92. The summed E-state index contributed by atoms with van der Waals surface area (Å²) in [6.07, 6.45) is 2.47. The summed E-state index contributed by atoms with van der Waals surface area (Å²) in [4.78, 5) is 26.8. The fourth-order valence-electron chi connectivity index (χ4n) is 3.91. The Bertz CT molecular complexity index is 1370. The Morgan fingerprint density at radius 1 is 1.11 bits per heavy atom. The number of ether oxygens (including phenoxy) is 1. The first-order valence-corrected chi connectivity index (χ1v) is 13.9. The second-order valence-corrected chi connectivity index (χ2v) is 11.6. The molecular weight excluding hydrogens is 531 g/mol. The maximum Gasteiger partial charge on any atom is 0.341 e. The normalized spacial score (nSPS) is 12.8. The lowest BCUT2D eigenvalue weighted by molar-refractivity contribution is -0.114. The number of fused-ring (bicyclic) bond motifs is 1. The lowest BCUT2D eigenvalue weighted by Gasteiger charge is -2.25. The number of thiophene rings is 1. The summed E-state index contributed by atoms with van der Waals surface area (Å²) in [7, 11) is -4.15. The molecule has 1 aliphatic carbocycles. The van der Waals surface area contributed by atoms with Crippen LogP contribution in [-0.4, -0.2) is 33.4 Å². The van der Waals surface area contributed by atoms with E-state index < -0.39 is 28.4 Å². The van der Waals surface area contributed by atoms with Gasteiger partial charge < -0.3 is 10.1 Å². The van der Waals surface area contributed by atoms with Crippen LogP contribution in [0, 0.1) is 0 Å². The number of halogens is 2. The topological polar surface area (TPSA) is 92.8 Å². The van der Waals surface area contributed by atoms with Crippen molar-refractivity contribution in [3.8, 4) is 0 Å². The van der Waals surface area contributed by atoms with Gasteiger partial charge in [0.15, 0.2) is 0 Å². The lowest BCUT2D eigenvalue weighted by Crippen LogP contribution is -2.38. The van der Waals surface area contributed by atoms with Gasteiger partial charge in [-0.15, -0.1) is 11.3 Å². The van der Waals surface area contributed by atoms with E-state index in [2.05, 4.69) is 5.32 Å². The van der Waals surface area contributed by atoms with Crippen molar-refractivity contribution >= 4 is 67.1 Å². The first-order chi connectivity index (χ1) is 16.7. The molecular formula is C24H22Cl2N2O5S2. The van der Waals surface area contributed by atoms with Gasteiger partial charge in [-0.25, -0.2) is 13.2 Å². The molecule has 4 rings (SSSR count). The molecule has 0 aliphatic heterocycles. The smallest absolute Gasteiger partial charge is 0.341 e. The molecule has 0 unspecified atom stereocenters. The van der Waals surface area contributed by atoms with Crippen LogP contribution in [0.1, 0.15) is 34.1 Å². The molecule has 0 radical (unpaired) electrons. The molecule has 0 saturated heterocycles. The maximum absolute atomic E-state index is 13.5. The average Bonchev–Trinajstić information content (AvgIpc) is 3.39. The number of rotatable bonds is 8. The van der Waals surface area contributed by atoms with E-state index in [1.54, 1.807) is 25.1 Å². The molecule has 0 spiro atoms. The van der Waals surface area contributed by atoms with Crippen LogP contribution < -0.4 is 9.62 Å². The third kappa shape index (κ3) is 5.33. The molecule has 0 saturated carbocycles. The minimum absolute atomic E-state index is 0.00105. The van der Waals surface area contributed by atoms with Gasteiger partial charge in [0.1, 0.15) is 11.5 Å². The lowest BCUT2D eigenvalue weighted by atomic mass is 10.1. The van der Waals surface area contributed by atoms with Crippen molar-refractivity contribution in [1.29, 1.82) is 0 Å². The molecule has 0 fully saturated rings. The number of nitrogens with zero attached hydrogens (tertiary/aromatic N) is 1. The average molecular weight is 553 g/mol. The Hall–Kier alpha value is -2.59. The van der Waals surface area contributed by atoms with Gasteiger partial charge in [-0.3, -0.25) is 9.10 Å². The summed E-state index contributed by atoms with van der Waals surface area (Å²) in [5.74, 6) is -1.13.